The molecule has 1 atom stereocenters. The second-order valence-electron chi connectivity index (χ2n) is 4.30. The van der Waals surface area contributed by atoms with Gasteiger partial charge in [0.1, 0.15) is 12.1 Å². The second-order valence-corrected chi connectivity index (χ2v) is 4.30. The van der Waals surface area contributed by atoms with Gasteiger partial charge in [0.2, 0.25) is 0 Å². The monoisotopic (exact) mass is 267 g/mol. The third-order valence-electron chi connectivity index (χ3n) is 2.67. The summed E-state index contributed by atoms with van der Waals surface area (Å²) in [6.45, 7) is 1.03. The first-order valence-corrected chi connectivity index (χ1v) is 5.81. The van der Waals surface area contributed by atoms with Gasteiger partial charge in [-0.15, -0.1) is 0 Å². The maximum Gasteiger partial charge on any atom is 0.408 e. The number of amides is 1. The normalized spacial score (nSPS) is 13.4. The molecule has 0 bridgehead atoms. The van der Waals surface area contributed by atoms with Gasteiger partial charge in [-0.05, 0) is 12.5 Å². The largest absolute Gasteiger partial charge is 0.480 e. The molecule has 0 aliphatic rings. The van der Waals surface area contributed by atoms with Gasteiger partial charge >= 0.3 is 12.1 Å². The Hall–Kier alpha value is -2.08. The van der Waals surface area contributed by atoms with Crippen LogP contribution in [0.15, 0.2) is 30.3 Å². The number of aliphatic carboxylic acids is 1. The number of nitrogens with one attached hydrogen (secondary N) is 1. The summed E-state index contributed by atoms with van der Waals surface area (Å²) in [6.07, 6.45) is -0.926. The van der Waals surface area contributed by atoms with E-state index in [0.29, 0.717) is 0 Å². The number of alkyl carbamates (subject to hydrolysis) is 1. The molecule has 0 aromatic heterocycles. The zero-order chi connectivity index (χ0) is 14.3. The Morgan fingerprint density at radius 3 is 2.47 bits per heavy atom. The van der Waals surface area contributed by atoms with E-state index in [2.05, 4.69) is 5.32 Å². The Kier molecular flexibility index (Phi) is 5.32. The molecule has 0 aliphatic heterocycles. The molecule has 0 fully saturated rings. The van der Waals surface area contributed by atoms with Crippen molar-refractivity contribution in [2.45, 2.75) is 25.5 Å². The lowest BCUT2D eigenvalue weighted by molar-refractivity contribution is -0.144. The van der Waals surface area contributed by atoms with E-state index < -0.39 is 17.6 Å². The molecular formula is C13H17NO5. The van der Waals surface area contributed by atoms with Gasteiger partial charge in [0.25, 0.3) is 0 Å². The van der Waals surface area contributed by atoms with Gasteiger partial charge in [-0.2, -0.15) is 0 Å². The average molecular weight is 267 g/mol. The lowest BCUT2D eigenvalue weighted by Crippen LogP contribution is -2.52. The van der Waals surface area contributed by atoms with E-state index >= 15 is 0 Å². The van der Waals surface area contributed by atoms with Gasteiger partial charge < -0.3 is 20.3 Å². The highest BCUT2D eigenvalue weighted by atomic mass is 16.5. The first-order valence-electron chi connectivity index (χ1n) is 5.81. The fourth-order valence-corrected chi connectivity index (χ4v) is 1.43. The fraction of sp³-hybridized carbons (Fsp3) is 0.385. The number of ether oxygens (including phenoxy) is 1. The molecule has 1 aromatic carbocycles. The van der Waals surface area contributed by atoms with Gasteiger partial charge in [0, 0.05) is 13.0 Å². The van der Waals surface area contributed by atoms with Gasteiger partial charge in [-0.3, -0.25) is 0 Å². The molecule has 1 unspecified atom stereocenters. The van der Waals surface area contributed by atoms with Crippen molar-refractivity contribution in [3.8, 4) is 0 Å². The van der Waals surface area contributed by atoms with E-state index in [9.17, 15) is 9.59 Å². The Morgan fingerprint density at radius 2 is 1.95 bits per heavy atom. The van der Waals surface area contributed by atoms with Crippen LogP contribution in [0, 0.1) is 0 Å². The summed E-state index contributed by atoms with van der Waals surface area (Å²) in [5.41, 5.74) is -0.737. The van der Waals surface area contributed by atoms with Crippen molar-refractivity contribution in [2.75, 3.05) is 6.61 Å². The molecule has 0 aliphatic carbocycles. The smallest absolute Gasteiger partial charge is 0.408 e. The van der Waals surface area contributed by atoms with Gasteiger partial charge in [-0.1, -0.05) is 30.3 Å². The molecule has 6 heteroatoms. The third kappa shape index (κ3) is 4.59. The summed E-state index contributed by atoms with van der Waals surface area (Å²) in [4.78, 5) is 22.6. The van der Waals surface area contributed by atoms with Crippen LogP contribution in [-0.2, 0) is 16.1 Å². The highest BCUT2D eigenvalue weighted by molar-refractivity contribution is 5.83. The molecule has 1 rings (SSSR count). The number of carboxylic acid groups (broad SMARTS) is 1. The van der Waals surface area contributed by atoms with Crippen LogP contribution in [0.25, 0.3) is 0 Å². The number of carboxylic acids is 1. The van der Waals surface area contributed by atoms with Crippen molar-refractivity contribution in [3.05, 3.63) is 35.9 Å². The average Bonchev–Trinajstić information content (AvgIpc) is 2.37. The molecule has 1 aromatic rings. The molecule has 0 spiro atoms. The van der Waals surface area contributed by atoms with E-state index in [4.69, 9.17) is 14.9 Å². The van der Waals surface area contributed by atoms with Crippen LogP contribution in [-0.4, -0.2) is 34.4 Å². The fourth-order valence-electron chi connectivity index (χ4n) is 1.43. The summed E-state index contributed by atoms with van der Waals surface area (Å²) < 4.78 is 4.93. The van der Waals surface area contributed by atoms with Crippen LogP contribution in [0.2, 0.25) is 0 Å². The minimum Gasteiger partial charge on any atom is -0.480 e. The SMILES string of the molecule is CC(CCO)(NC(=O)OCc1ccccc1)C(=O)O. The topological polar surface area (TPSA) is 95.9 Å². The van der Waals surface area contributed by atoms with Crippen LogP contribution in [0.3, 0.4) is 0 Å². The Morgan fingerprint density at radius 1 is 1.32 bits per heavy atom. The van der Waals surface area contributed by atoms with Crippen LogP contribution in [0.5, 0.6) is 0 Å². The summed E-state index contributed by atoms with van der Waals surface area (Å²) in [6, 6.07) is 9.04. The number of aliphatic hydroxyl groups is 1. The van der Waals surface area contributed by atoms with Crippen molar-refractivity contribution < 1.29 is 24.5 Å². The number of aliphatic hydroxyl groups excluding tert-OH is 1. The van der Waals surface area contributed by atoms with E-state index in [1.165, 1.54) is 6.92 Å². The summed E-state index contributed by atoms with van der Waals surface area (Å²) >= 11 is 0. The lowest BCUT2D eigenvalue weighted by atomic mass is 9.99. The lowest BCUT2D eigenvalue weighted by Gasteiger charge is -2.24. The first-order chi connectivity index (χ1) is 8.98. The van der Waals surface area contributed by atoms with Crippen LogP contribution >= 0.6 is 0 Å². The van der Waals surface area contributed by atoms with Crippen molar-refractivity contribution in [3.63, 3.8) is 0 Å². The molecule has 0 saturated carbocycles. The van der Waals surface area contributed by atoms with Crippen LogP contribution < -0.4 is 5.32 Å². The van der Waals surface area contributed by atoms with E-state index in [1.807, 2.05) is 18.2 Å². The van der Waals surface area contributed by atoms with E-state index in [1.54, 1.807) is 12.1 Å². The molecule has 19 heavy (non-hydrogen) atoms. The highest BCUT2D eigenvalue weighted by Crippen LogP contribution is 2.10. The number of benzene rings is 1. The molecule has 104 valence electrons. The molecule has 0 saturated heterocycles. The summed E-state index contributed by atoms with van der Waals surface area (Å²) in [7, 11) is 0. The second kappa shape index (κ2) is 6.75. The molecule has 0 radical (unpaired) electrons. The molecule has 1 amide bonds. The molecule has 0 heterocycles. The van der Waals surface area contributed by atoms with E-state index in [0.717, 1.165) is 5.56 Å². The molecule has 3 N–H and O–H groups in total. The quantitative estimate of drug-likeness (QED) is 0.718. The minimum atomic E-state index is -1.54. The predicted molar refractivity (Wildman–Crippen MR) is 67.5 cm³/mol. The minimum absolute atomic E-state index is 0.0570. The van der Waals surface area contributed by atoms with Gasteiger partial charge in [-0.25, -0.2) is 9.59 Å². The molecule has 6 nitrogen and oxygen atoms in total. The third-order valence-corrected chi connectivity index (χ3v) is 2.67. The van der Waals surface area contributed by atoms with Crippen molar-refractivity contribution in [1.82, 2.24) is 5.32 Å². The Bertz CT molecular complexity index is 434. The zero-order valence-corrected chi connectivity index (χ0v) is 10.6. The standard InChI is InChI=1S/C13H17NO5/c1-13(7-8-15,11(16)17)14-12(18)19-9-10-5-3-2-4-6-10/h2-6,15H,7-9H2,1H3,(H,14,18)(H,16,17). The molecular weight excluding hydrogens is 250 g/mol. The number of carbonyl (C=O) groups excluding carboxylic acids is 1. The maximum atomic E-state index is 11.5. The zero-order valence-electron chi connectivity index (χ0n) is 10.6. The Labute approximate surface area is 111 Å². The number of rotatable bonds is 6. The van der Waals surface area contributed by atoms with Gasteiger partial charge in [0.05, 0.1) is 0 Å². The first kappa shape index (κ1) is 15.0. The van der Waals surface area contributed by atoms with Crippen LogP contribution in [0.1, 0.15) is 18.9 Å². The van der Waals surface area contributed by atoms with E-state index in [-0.39, 0.29) is 19.6 Å². The summed E-state index contributed by atoms with van der Waals surface area (Å²) in [5.74, 6) is -1.22. The number of hydrogen-bond acceptors (Lipinski definition) is 4. The number of hydrogen-bond donors (Lipinski definition) is 3. The highest BCUT2D eigenvalue weighted by Gasteiger charge is 2.34. The van der Waals surface area contributed by atoms with Crippen LogP contribution in [0.4, 0.5) is 4.79 Å². The van der Waals surface area contributed by atoms with Crippen molar-refractivity contribution >= 4 is 12.1 Å². The van der Waals surface area contributed by atoms with Gasteiger partial charge in [0.15, 0.2) is 0 Å². The van der Waals surface area contributed by atoms with Crippen molar-refractivity contribution in [2.24, 2.45) is 0 Å². The van der Waals surface area contributed by atoms with Crippen molar-refractivity contribution in [1.29, 1.82) is 0 Å². The Balaban J connectivity index is 2.52. The summed E-state index contributed by atoms with van der Waals surface area (Å²) in [5, 5.41) is 20.1. The maximum absolute atomic E-state index is 11.5. The predicted octanol–water partition coefficient (Wildman–Crippen LogP) is 1.14. The number of carbonyl (C=O) groups is 2.